The molecular formula is C22H22N8O2. The van der Waals surface area contributed by atoms with Crippen molar-refractivity contribution in [1.82, 2.24) is 35.3 Å². The zero-order valence-corrected chi connectivity index (χ0v) is 17.7. The molecule has 1 amide bonds. The normalized spacial score (nSPS) is 15.9. The topological polar surface area (TPSA) is 133 Å². The van der Waals surface area contributed by atoms with Crippen molar-refractivity contribution >= 4 is 28.3 Å². The average Bonchev–Trinajstić information content (AvgIpc) is 3.43. The van der Waals surface area contributed by atoms with Crippen molar-refractivity contribution in [3.63, 3.8) is 0 Å². The Morgan fingerprint density at radius 2 is 1.88 bits per heavy atom. The second-order valence-electron chi connectivity index (χ2n) is 8.00. The first-order chi connectivity index (χ1) is 15.5. The van der Waals surface area contributed by atoms with E-state index in [4.69, 9.17) is 0 Å². The molecule has 1 saturated heterocycles. The Morgan fingerprint density at radius 1 is 1.06 bits per heavy atom. The number of nitrogens with one attached hydrogen (secondary N) is 3. The van der Waals surface area contributed by atoms with Gasteiger partial charge in [0.2, 0.25) is 0 Å². The van der Waals surface area contributed by atoms with Crippen molar-refractivity contribution in [3.05, 3.63) is 69.7 Å². The quantitative estimate of drug-likeness (QED) is 0.453. The maximum atomic E-state index is 13.2. The summed E-state index contributed by atoms with van der Waals surface area (Å²) in [4.78, 5) is 36.3. The van der Waals surface area contributed by atoms with Gasteiger partial charge >= 0.3 is 0 Å². The molecule has 4 aromatic rings. The Bertz CT molecular complexity index is 1380. The number of anilines is 2. The maximum Gasteiger partial charge on any atom is 0.274 e. The molecule has 1 aliphatic heterocycles. The van der Waals surface area contributed by atoms with Gasteiger partial charge in [0, 0.05) is 47.9 Å². The fourth-order valence-corrected chi connectivity index (χ4v) is 4.03. The Morgan fingerprint density at radius 3 is 2.66 bits per heavy atom. The van der Waals surface area contributed by atoms with Crippen molar-refractivity contribution < 1.29 is 4.79 Å². The predicted molar refractivity (Wildman–Crippen MR) is 119 cm³/mol. The first-order valence-electron chi connectivity index (χ1n) is 10.4. The van der Waals surface area contributed by atoms with Crippen LogP contribution >= 0.6 is 0 Å². The number of carbonyl (C=O) groups excluding carboxylic acids is 1. The number of hydrogen-bond donors (Lipinski definition) is 3. The number of carbonyl (C=O) groups is 1. The van der Waals surface area contributed by atoms with Gasteiger partial charge < -0.3 is 10.2 Å². The summed E-state index contributed by atoms with van der Waals surface area (Å²) in [6, 6.07) is 10.8. The zero-order chi connectivity index (χ0) is 22.2. The van der Waals surface area contributed by atoms with E-state index in [1.165, 1.54) is 0 Å². The molecule has 0 aliphatic carbocycles. The van der Waals surface area contributed by atoms with Gasteiger partial charge in [0.05, 0.1) is 5.39 Å². The van der Waals surface area contributed by atoms with Crippen LogP contribution in [0.5, 0.6) is 0 Å². The molecule has 1 fully saturated rings. The molecule has 4 heterocycles. The molecule has 0 radical (unpaired) electrons. The Balaban J connectivity index is 1.37. The number of hydrogen-bond acceptors (Lipinski definition) is 7. The van der Waals surface area contributed by atoms with Crippen LogP contribution in [0.3, 0.4) is 0 Å². The lowest BCUT2D eigenvalue weighted by Gasteiger charge is -2.17. The van der Waals surface area contributed by atoms with E-state index in [0.717, 1.165) is 17.8 Å². The van der Waals surface area contributed by atoms with Gasteiger partial charge in [0.25, 0.3) is 11.5 Å². The van der Waals surface area contributed by atoms with Crippen molar-refractivity contribution in [2.75, 3.05) is 18.4 Å². The molecule has 1 aromatic carbocycles. The van der Waals surface area contributed by atoms with Crippen molar-refractivity contribution in [2.24, 2.45) is 0 Å². The lowest BCUT2D eigenvalue weighted by molar-refractivity contribution is 0.0785. The van der Waals surface area contributed by atoms with Gasteiger partial charge in [-0.2, -0.15) is 10.2 Å². The minimum absolute atomic E-state index is 0.00865. The Labute approximate surface area is 183 Å². The number of amides is 1. The van der Waals surface area contributed by atoms with E-state index in [1.54, 1.807) is 29.2 Å². The highest BCUT2D eigenvalue weighted by Crippen LogP contribution is 2.28. The van der Waals surface area contributed by atoms with Crippen LogP contribution in [0, 0.1) is 13.8 Å². The first-order valence-corrected chi connectivity index (χ1v) is 10.4. The fourth-order valence-electron chi connectivity index (χ4n) is 4.03. The summed E-state index contributed by atoms with van der Waals surface area (Å²) >= 11 is 0. The van der Waals surface area contributed by atoms with Gasteiger partial charge in [-0.15, -0.1) is 0 Å². The monoisotopic (exact) mass is 430 g/mol. The van der Waals surface area contributed by atoms with E-state index < -0.39 is 0 Å². The summed E-state index contributed by atoms with van der Waals surface area (Å²) in [6.45, 7) is 4.90. The summed E-state index contributed by atoms with van der Waals surface area (Å²) in [6.07, 6.45) is 0.747. The van der Waals surface area contributed by atoms with Crippen LogP contribution in [0.15, 0.2) is 41.2 Å². The van der Waals surface area contributed by atoms with Crippen LogP contribution < -0.4 is 10.9 Å². The van der Waals surface area contributed by atoms with Crippen LogP contribution in [0.25, 0.3) is 10.8 Å². The van der Waals surface area contributed by atoms with Crippen molar-refractivity contribution in [1.29, 1.82) is 0 Å². The SMILES string of the molecule is Cc1cc(Nc2cc(C)[nH]n2)nc(C2CCN(C(=O)c3n[nH]c(=O)c4ccccc34)C2)n1. The van der Waals surface area contributed by atoms with Gasteiger partial charge in [-0.3, -0.25) is 14.7 Å². The van der Waals surface area contributed by atoms with E-state index in [2.05, 4.69) is 35.7 Å². The number of H-pyrrole nitrogens is 2. The number of likely N-dealkylation sites (tertiary alicyclic amines) is 1. The van der Waals surface area contributed by atoms with Gasteiger partial charge in [-0.05, 0) is 26.3 Å². The highest BCUT2D eigenvalue weighted by Gasteiger charge is 2.31. The molecule has 1 aliphatic rings. The average molecular weight is 430 g/mol. The summed E-state index contributed by atoms with van der Waals surface area (Å²) in [5.74, 6) is 1.84. The number of aryl methyl sites for hydroxylation is 2. The van der Waals surface area contributed by atoms with Gasteiger partial charge in [-0.25, -0.2) is 15.1 Å². The van der Waals surface area contributed by atoms with Crippen molar-refractivity contribution in [3.8, 4) is 0 Å². The smallest absolute Gasteiger partial charge is 0.274 e. The Hall–Kier alpha value is -4.08. The van der Waals surface area contributed by atoms with Gasteiger partial charge in [-0.1, -0.05) is 18.2 Å². The third kappa shape index (κ3) is 3.70. The predicted octanol–water partition coefficient (Wildman–Crippen LogP) is 2.43. The number of nitrogens with zero attached hydrogens (tertiary/aromatic N) is 5. The highest BCUT2D eigenvalue weighted by atomic mass is 16.2. The summed E-state index contributed by atoms with van der Waals surface area (Å²) < 4.78 is 0. The van der Waals surface area contributed by atoms with Crippen LogP contribution in [-0.2, 0) is 0 Å². The maximum absolute atomic E-state index is 13.2. The molecule has 0 saturated carbocycles. The molecule has 0 spiro atoms. The standard InChI is InChI=1S/C22H22N8O2/c1-12-9-17(24-18-10-13(2)26-27-18)25-20(23-12)14-7-8-30(11-14)22(32)19-15-5-3-4-6-16(15)21(31)29-28-19/h3-6,9-10,14H,7-8,11H2,1-2H3,(H,29,31)(H2,23,24,25,26,27). The number of fused-ring (bicyclic) bond motifs is 1. The first kappa shape index (κ1) is 19.9. The third-order valence-electron chi connectivity index (χ3n) is 5.57. The number of aromatic nitrogens is 6. The second kappa shape index (κ2) is 7.88. The van der Waals surface area contributed by atoms with Gasteiger partial charge in [0.1, 0.15) is 11.6 Å². The lowest BCUT2D eigenvalue weighted by atomic mass is 10.1. The van der Waals surface area contributed by atoms with Crippen molar-refractivity contribution in [2.45, 2.75) is 26.2 Å². The molecule has 32 heavy (non-hydrogen) atoms. The minimum atomic E-state index is -0.309. The zero-order valence-electron chi connectivity index (χ0n) is 17.7. The minimum Gasteiger partial charge on any atom is -0.336 e. The second-order valence-corrected chi connectivity index (χ2v) is 8.00. The number of rotatable bonds is 4. The fraction of sp³-hybridized carbons (Fsp3) is 0.273. The molecule has 10 nitrogen and oxygen atoms in total. The molecular weight excluding hydrogens is 408 g/mol. The van der Waals surface area contributed by atoms with E-state index >= 15 is 0 Å². The lowest BCUT2D eigenvalue weighted by Crippen LogP contribution is -2.30. The molecule has 10 heteroatoms. The van der Waals surface area contributed by atoms with Crippen LogP contribution in [0.1, 0.15) is 40.0 Å². The number of benzene rings is 1. The summed E-state index contributed by atoms with van der Waals surface area (Å²) in [5, 5.41) is 17.8. The Kier molecular flexibility index (Phi) is 4.89. The number of aromatic amines is 2. The van der Waals surface area contributed by atoms with E-state index in [0.29, 0.717) is 41.3 Å². The highest BCUT2D eigenvalue weighted by molar-refractivity contribution is 6.04. The molecule has 1 unspecified atom stereocenters. The van der Waals surface area contributed by atoms with E-state index in [-0.39, 0.29) is 23.1 Å². The van der Waals surface area contributed by atoms with Crippen LogP contribution in [-0.4, -0.2) is 54.3 Å². The molecule has 5 rings (SSSR count). The van der Waals surface area contributed by atoms with E-state index in [9.17, 15) is 9.59 Å². The molecule has 162 valence electrons. The largest absolute Gasteiger partial charge is 0.336 e. The molecule has 1 atom stereocenters. The van der Waals surface area contributed by atoms with Gasteiger partial charge in [0.15, 0.2) is 11.5 Å². The molecule has 3 aromatic heterocycles. The summed E-state index contributed by atoms with van der Waals surface area (Å²) in [7, 11) is 0. The van der Waals surface area contributed by atoms with E-state index in [1.807, 2.05) is 26.0 Å². The molecule has 3 N–H and O–H groups in total. The van der Waals surface area contributed by atoms with Crippen LogP contribution in [0.2, 0.25) is 0 Å². The van der Waals surface area contributed by atoms with Crippen LogP contribution in [0.4, 0.5) is 11.6 Å². The summed E-state index contributed by atoms with van der Waals surface area (Å²) in [5.41, 5.74) is 1.73. The molecule has 0 bridgehead atoms. The third-order valence-corrected chi connectivity index (χ3v) is 5.57.